The molecule has 12 heteroatoms. The molecular formula is C28H26N8O4. The normalized spacial score (nSPS) is 10.8. The number of rotatable bonds is 5. The number of aryl methyl sites for hydroxylation is 2. The van der Waals surface area contributed by atoms with Crippen LogP contribution in [0.5, 0.6) is 11.8 Å². The van der Waals surface area contributed by atoms with E-state index in [-0.39, 0.29) is 5.69 Å². The number of nitrogens with zero attached hydrogens (tertiary/aromatic N) is 7. The first-order chi connectivity index (χ1) is 19.3. The Morgan fingerprint density at radius 1 is 0.750 bits per heavy atom. The largest absolute Gasteiger partial charge is 0.481 e. The van der Waals surface area contributed by atoms with Gasteiger partial charge in [-0.1, -0.05) is 0 Å². The lowest BCUT2D eigenvalue weighted by Gasteiger charge is -2.01. The van der Waals surface area contributed by atoms with Crippen molar-refractivity contribution in [3.05, 3.63) is 83.2 Å². The standard InChI is InChI=1S/C14H12N4O3.C14H14N4O/c1-17-12-4-3-10(18(19)20)8-11(12)14(16-17)9-5-6-15-13(7-9)21-2;1-18-12-4-3-10(15)8-11(12)14(17-18)9-5-6-16-13(7-9)19-2/h3-8H,1-2H3;3-8H,15H2,1-2H3. The lowest BCUT2D eigenvalue weighted by atomic mass is 10.1. The molecule has 0 unspecified atom stereocenters. The van der Waals surface area contributed by atoms with Gasteiger partial charge in [-0.15, -0.1) is 0 Å². The van der Waals surface area contributed by atoms with Crippen LogP contribution in [-0.4, -0.2) is 48.7 Å². The molecule has 0 spiro atoms. The van der Waals surface area contributed by atoms with Crippen LogP contribution < -0.4 is 15.2 Å². The van der Waals surface area contributed by atoms with E-state index in [1.807, 2.05) is 42.1 Å². The van der Waals surface area contributed by atoms with Gasteiger partial charge >= 0.3 is 0 Å². The van der Waals surface area contributed by atoms with Crippen molar-refractivity contribution < 1.29 is 14.4 Å². The number of nitro groups is 1. The maximum atomic E-state index is 10.9. The Morgan fingerprint density at radius 3 is 1.75 bits per heavy atom. The van der Waals surface area contributed by atoms with Gasteiger partial charge in [0.05, 0.1) is 30.2 Å². The molecule has 40 heavy (non-hydrogen) atoms. The smallest absolute Gasteiger partial charge is 0.270 e. The molecule has 0 amide bonds. The van der Waals surface area contributed by atoms with E-state index >= 15 is 0 Å². The van der Waals surface area contributed by atoms with Crippen LogP contribution >= 0.6 is 0 Å². The number of hydrogen-bond donors (Lipinski definition) is 1. The van der Waals surface area contributed by atoms with Crippen LogP contribution in [0.25, 0.3) is 44.3 Å². The summed E-state index contributed by atoms with van der Waals surface area (Å²) in [7, 11) is 6.85. The molecule has 0 atom stereocenters. The average Bonchev–Trinajstić information content (AvgIpc) is 3.49. The van der Waals surface area contributed by atoms with E-state index < -0.39 is 4.92 Å². The topological polar surface area (TPSA) is 149 Å². The van der Waals surface area contributed by atoms with Crippen molar-refractivity contribution in [1.82, 2.24) is 29.5 Å². The first kappa shape index (κ1) is 26.1. The van der Waals surface area contributed by atoms with Crippen molar-refractivity contribution in [3.63, 3.8) is 0 Å². The summed E-state index contributed by atoms with van der Waals surface area (Å²) in [6.45, 7) is 0. The van der Waals surface area contributed by atoms with Gasteiger partial charge in [0.2, 0.25) is 11.8 Å². The van der Waals surface area contributed by atoms with Crippen molar-refractivity contribution in [2.75, 3.05) is 20.0 Å². The van der Waals surface area contributed by atoms with Gasteiger partial charge in [-0.3, -0.25) is 19.5 Å². The number of hydrogen-bond acceptors (Lipinski definition) is 9. The second kappa shape index (κ2) is 10.7. The fourth-order valence-electron chi connectivity index (χ4n) is 4.41. The van der Waals surface area contributed by atoms with Crippen LogP contribution in [0.1, 0.15) is 0 Å². The molecule has 2 N–H and O–H groups in total. The molecule has 2 aromatic carbocycles. The van der Waals surface area contributed by atoms with Gasteiger partial charge in [0.25, 0.3) is 5.69 Å². The highest BCUT2D eigenvalue weighted by Gasteiger charge is 2.16. The summed E-state index contributed by atoms with van der Waals surface area (Å²) in [4.78, 5) is 18.7. The third kappa shape index (κ3) is 4.97. The summed E-state index contributed by atoms with van der Waals surface area (Å²) in [5.74, 6) is 1.04. The van der Waals surface area contributed by atoms with Crippen LogP contribution in [0.15, 0.2) is 73.1 Å². The molecule has 4 aromatic heterocycles. The Hall–Kier alpha value is -5.52. The van der Waals surface area contributed by atoms with Crippen molar-refractivity contribution in [2.45, 2.75) is 0 Å². The second-order valence-electron chi connectivity index (χ2n) is 8.85. The fraction of sp³-hybridized carbons (Fsp3) is 0.143. The molecule has 0 aliphatic heterocycles. The second-order valence-corrected chi connectivity index (χ2v) is 8.85. The van der Waals surface area contributed by atoms with E-state index in [4.69, 9.17) is 15.2 Å². The molecule has 0 saturated heterocycles. The van der Waals surface area contributed by atoms with Crippen LogP contribution in [0.3, 0.4) is 0 Å². The predicted molar refractivity (Wildman–Crippen MR) is 152 cm³/mol. The Kier molecular flexibility index (Phi) is 6.98. The maximum Gasteiger partial charge on any atom is 0.270 e. The predicted octanol–water partition coefficient (Wildman–Crippen LogP) is 4.78. The SMILES string of the molecule is COc1cc(-c2nn(C)c3ccc(N)cc23)ccn1.COc1cc(-c2nn(C)c3ccc([N+](=O)[O-])cc23)ccn1. The summed E-state index contributed by atoms with van der Waals surface area (Å²) in [5, 5.41) is 21.7. The number of non-ortho nitro benzene ring substituents is 1. The molecule has 0 fully saturated rings. The van der Waals surface area contributed by atoms with E-state index in [0.29, 0.717) is 17.5 Å². The van der Waals surface area contributed by atoms with Crippen LogP contribution in [0.4, 0.5) is 11.4 Å². The molecule has 6 rings (SSSR count). The number of nitrogen functional groups attached to an aromatic ring is 1. The van der Waals surface area contributed by atoms with Crippen molar-refractivity contribution in [1.29, 1.82) is 0 Å². The van der Waals surface area contributed by atoms with E-state index in [9.17, 15) is 10.1 Å². The van der Waals surface area contributed by atoms with E-state index in [2.05, 4.69) is 20.2 Å². The molecule has 12 nitrogen and oxygen atoms in total. The van der Waals surface area contributed by atoms with Gasteiger partial charge in [0.1, 0.15) is 11.4 Å². The van der Waals surface area contributed by atoms with Crippen molar-refractivity contribution in [2.24, 2.45) is 14.1 Å². The minimum atomic E-state index is -0.413. The molecule has 0 aliphatic rings. The minimum absolute atomic E-state index is 0.0396. The van der Waals surface area contributed by atoms with Gasteiger partial charge in [-0.25, -0.2) is 9.97 Å². The van der Waals surface area contributed by atoms with Gasteiger partial charge in [-0.05, 0) is 36.4 Å². The van der Waals surface area contributed by atoms with E-state index in [0.717, 1.165) is 44.3 Å². The summed E-state index contributed by atoms with van der Waals surface area (Å²) >= 11 is 0. The minimum Gasteiger partial charge on any atom is -0.481 e. The summed E-state index contributed by atoms with van der Waals surface area (Å²) in [6, 6.07) is 17.8. The van der Waals surface area contributed by atoms with Gasteiger partial charge in [0, 0.05) is 78.3 Å². The average molecular weight is 539 g/mol. The Bertz CT molecular complexity index is 1860. The highest BCUT2D eigenvalue weighted by Crippen LogP contribution is 2.32. The highest BCUT2D eigenvalue weighted by molar-refractivity contribution is 5.96. The number of nitro benzene ring substituents is 1. The molecule has 0 aliphatic carbocycles. The molecule has 0 radical (unpaired) electrons. The Balaban J connectivity index is 0.000000162. The van der Waals surface area contributed by atoms with E-state index in [1.54, 1.807) is 49.4 Å². The lowest BCUT2D eigenvalue weighted by molar-refractivity contribution is -0.384. The molecule has 6 aromatic rings. The molecule has 0 saturated carbocycles. The Labute approximate surface area is 228 Å². The van der Waals surface area contributed by atoms with Crippen LogP contribution in [0, 0.1) is 10.1 Å². The molecule has 4 heterocycles. The third-order valence-corrected chi connectivity index (χ3v) is 6.35. The zero-order valence-electron chi connectivity index (χ0n) is 22.3. The number of ether oxygens (including phenoxy) is 2. The fourth-order valence-corrected chi connectivity index (χ4v) is 4.41. The van der Waals surface area contributed by atoms with Gasteiger partial charge < -0.3 is 15.2 Å². The molecule has 0 bridgehead atoms. The zero-order valence-corrected chi connectivity index (χ0v) is 22.3. The summed E-state index contributed by atoms with van der Waals surface area (Å²) in [6.07, 6.45) is 3.33. The third-order valence-electron chi connectivity index (χ3n) is 6.35. The number of fused-ring (bicyclic) bond motifs is 2. The van der Waals surface area contributed by atoms with Gasteiger partial charge in [0.15, 0.2) is 0 Å². The van der Waals surface area contributed by atoms with Crippen LogP contribution in [-0.2, 0) is 14.1 Å². The monoisotopic (exact) mass is 538 g/mol. The lowest BCUT2D eigenvalue weighted by Crippen LogP contribution is -1.91. The highest BCUT2D eigenvalue weighted by atomic mass is 16.6. The zero-order chi connectivity index (χ0) is 28.4. The van der Waals surface area contributed by atoms with Crippen molar-refractivity contribution >= 4 is 33.2 Å². The van der Waals surface area contributed by atoms with Gasteiger partial charge in [-0.2, -0.15) is 10.2 Å². The first-order valence-corrected chi connectivity index (χ1v) is 12.1. The maximum absolute atomic E-state index is 10.9. The number of nitrogens with two attached hydrogens (primary N) is 1. The molecule has 202 valence electrons. The number of anilines is 1. The first-order valence-electron chi connectivity index (χ1n) is 12.1. The number of aromatic nitrogens is 6. The number of benzene rings is 2. The van der Waals surface area contributed by atoms with Crippen LogP contribution in [0.2, 0.25) is 0 Å². The summed E-state index contributed by atoms with van der Waals surface area (Å²) in [5.41, 5.74) is 11.8. The summed E-state index contributed by atoms with van der Waals surface area (Å²) < 4.78 is 13.8. The van der Waals surface area contributed by atoms with E-state index in [1.165, 1.54) is 19.2 Å². The van der Waals surface area contributed by atoms with Crippen molar-refractivity contribution in [3.8, 4) is 34.3 Å². The number of methoxy groups -OCH3 is 2. The quantitative estimate of drug-likeness (QED) is 0.186. The molecular weight excluding hydrogens is 512 g/mol. The number of pyridine rings is 2. The Morgan fingerprint density at radius 2 is 1.25 bits per heavy atom.